The predicted octanol–water partition coefficient (Wildman–Crippen LogP) is 2.49. The van der Waals surface area contributed by atoms with E-state index in [4.69, 9.17) is 9.84 Å². The second kappa shape index (κ2) is 5.62. The van der Waals surface area contributed by atoms with Gasteiger partial charge in [0, 0.05) is 6.20 Å². The molecule has 0 bridgehead atoms. The van der Waals surface area contributed by atoms with Crippen LogP contribution in [0.5, 0.6) is 0 Å². The van der Waals surface area contributed by atoms with Crippen molar-refractivity contribution >= 4 is 17.7 Å². The lowest BCUT2D eigenvalue weighted by atomic mass is 10.2. The predicted molar refractivity (Wildman–Crippen MR) is 65.1 cm³/mol. The molecule has 0 aliphatic heterocycles. The minimum atomic E-state index is -4.56. The summed E-state index contributed by atoms with van der Waals surface area (Å²) in [5, 5.41) is 14.2. The van der Waals surface area contributed by atoms with Gasteiger partial charge in [-0.3, -0.25) is 10.00 Å². The minimum Gasteiger partial charge on any atom is -0.476 e. The van der Waals surface area contributed by atoms with Crippen LogP contribution in [0.15, 0.2) is 6.20 Å². The van der Waals surface area contributed by atoms with Crippen molar-refractivity contribution in [2.24, 2.45) is 0 Å². The highest BCUT2D eigenvalue weighted by Gasteiger charge is 2.30. The maximum absolute atomic E-state index is 12.2. The van der Waals surface area contributed by atoms with Crippen molar-refractivity contribution in [1.29, 1.82) is 0 Å². The number of halogens is 3. The van der Waals surface area contributed by atoms with Gasteiger partial charge in [-0.15, -0.1) is 0 Å². The van der Waals surface area contributed by atoms with E-state index in [1.165, 1.54) is 0 Å². The average molecular weight is 309 g/mol. The number of alkyl halides is 3. The summed E-state index contributed by atoms with van der Waals surface area (Å²) in [5.41, 5.74) is -1.92. The zero-order chi connectivity index (χ0) is 16.4. The van der Waals surface area contributed by atoms with Crippen LogP contribution in [0.3, 0.4) is 0 Å². The number of carbonyl (C=O) groups excluding carboxylic acids is 1. The Labute approximate surface area is 117 Å². The molecule has 1 rings (SSSR count). The molecule has 0 spiro atoms. The monoisotopic (exact) mass is 309 g/mol. The highest BCUT2D eigenvalue weighted by Crippen LogP contribution is 2.21. The highest BCUT2D eigenvalue weighted by molar-refractivity contribution is 5.96. The van der Waals surface area contributed by atoms with Crippen LogP contribution < -0.4 is 5.32 Å². The second-order valence-corrected chi connectivity index (χ2v) is 5.14. The fourth-order valence-corrected chi connectivity index (χ4v) is 1.35. The summed E-state index contributed by atoms with van der Waals surface area (Å²) in [7, 11) is 0. The first-order valence-corrected chi connectivity index (χ1v) is 5.75. The van der Waals surface area contributed by atoms with Crippen molar-refractivity contribution in [1.82, 2.24) is 9.78 Å². The molecule has 0 saturated heterocycles. The van der Waals surface area contributed by atoms with Gasteiger partial charge in [0.05, 0.1) is 5.69 Å². The number of anilines is 1. The summed E-state index contributed by atoms with van der Waals surface area (Å²) >= 11 is 0. The molecule has 10 heteroatoms. The lowest BCUT2D eigenvalue weighted by Crippen LogP contribution is -2.27. The molecule has 1 aromatic rings. The van der Waals surface area contributed by atoms with E-state index in [1.54, 1.807) is 20.8 Å². The Balaban J connectivity index is 2.95. The van der Waals surface area contributed by atoms with Crippen LogP contribution in [0, 0.1) is 0 Å². The van der Waals surface area contributed by atoms with Gasteiger partial charge in [-0.1, -0.05) is 0 Å². The molecule has 0 aliphatic rings. The Bertz CT molecular complexity index is 546. The maximum Gasteiger partial charge on any atom is 0.412 e. The number of nitrogens with one attached hydrogen (secondary N) is 1. The number of carboxylic acid groups (broad SMARTS) is 1. The third-order valence-electron chi connectivity index (χ3n) is 1.94. The van der Waals surface area contributed by atoms with Crippen LogP contribution in [0.25, 0.3) is 0 Å². The quantitative estimate of drug-likeness (QED) is 0.894. The topological polar surface area (TPSA) is 93.5 Å². The van der Waals surface area contributed by atoms with Gasteiger partial charge in [-0.2, -0.15) is 18.3 Å². The Morgan fingerprint density at radius 1 is 1.38 bits per heavy atom. The number of carboxylic acids is 1. The number of amides is 1. The Morgan fingerprint density at radius 3 is 2.38 bits per heavy atom. The zero-order valence-electron chi connectivity index (χ0n) is 11.5. The summed E-state index contributed by atoms with van der Waals surface area (Å²) < 4.78 is 42.0. The third-order valence-corrected chi connectivity index (χ3v) is 1.94. The van der Waals surface area contributed by atoms with Crippen LogP contribution in [-0.4, -0.2) is 38.7 Å². The van der Waals surface area contributed by atoms with E-state index in [9.17, 15) is 22.8 Å². The molecule has 0 atom stereocenters. The molecule has 1 heterocycles. The molecule has 0 fully saturated rings. The van der Waals surface area contributed by atoms with E-state index in [1.807, 2.05) is 0 Å². The largest absolute Gasteiger partial charge is 0.476 e. The van der Waals surface area contributed by atoms with Crippen molar-refractivity contribution in [2.75, 3.05) is 5.32 Å². The Kier molecular flexibility index (Phi) is 4.49. The van der Waals surface area contributed by atoms with E-state index in [0.717, 1.165) is 6.20 Å². The van der Waals surface area contributed by atoms with Gasteiger partial charge < -0.3 is 9.84 Å². The van der Waals surface area contributed by atoms with Gasteiger partial charge in [-0.05, 0) is 20.8 Å². The summed E-state index contributed by atoms with van der Waals surface area (Å²) in [6.07, 6.45) is -4.78. The standard InChI is InChI=1S/C11H14F3N3O4/c1-10(2,3)21-9(20)15-6-4-17(5-11(12,13)14)16-7(6)8(18)19/h4H,5H2,1-3H3,(H,15,20)(H,18,19). The molecule has 21 heavy (non-hydrogen) atoms. The van der Waals surface area contributed by atoms with Crippen LogP contribution in [-0.2, 0) is 11.3 Å². The van der Waals surface area contributed by atoms with Crippen LogP contribution in [0.2, 0.25) is 0 Å². The number of hydrogen-bond donors (Lipinski definition) is 2. The number of aromatic nitrogens is 2. The van der Waals surface area contributed by atoms with Crippen molar-refractivity contribution in [3.63, 3.8) is 0 Å². The van der Waals surface area contributed by atoms with Crippen molar-refractivity contribution in [3.05, 3.63) is 11.9 Å². The number of hydrogen-bond acceptors (Lipinski definition) is 4. The van der Waals surface area contributed by atoms with E-state index in [0.29, 0.717) is 4.68 Å². The van der Waals surface area contributed by atoms with Crippen LogP contribution in [0.1, 0.15) is 31.3 Å². The molecule has 118 valence electrons. The summed E-state index contributed by atoms with van der Waals surface area (Å²) in [4.78, 5) is 22.4. The molecule has 0 saturated carbocycles. The molecule has 0 unspecified atom stereocenters. The molecule has 1 amide bonds. The smallest absolute Gasteiger partial charge is 0.412 e. The normalized spacial score (nSPS) is 12.1. The van der Waals surface area contributed by atoms with Crippen LogP contribution >= 0.6 is 0 Å². The summed E-state index contributed by atoms with van der Waals surface area (Å²) in [5.74, 6) is -1.57. The lowest BCUT2D eigenvalue weighted by molar-refractivity contribution is -0.142. The fourth-order valence-electron chi connectivity index (χ4n) is 1.35. The Morgan fingerprint density at radius 2 is 1.95 bits per heavy atom. The summed E-state index contributed by atoms with van der Waals surface area (Å²) in [6, 6.07) is 0. The van der Waals surface area contributed by atoms with Crippen molar-refractivity contribution in [3.8, 4) is 0 Å². The first-order chi connectivity index (χ1) is 9.37. The van der Waals surface area contributed by atoms with Gasteiger partial charge >= 0.3 is 18.2 Å². The van der Waals surface area contributed by atoms with Gasteiger partial charge in [0.2, 0.25) is 0 Å². The summed E-state index contributed by atoms with van der Waals surface area (Å²) in [6.45, 7) is 3.27. The third kappa shape index (κ3) is 5.71. The molecular weight excluding hydrogens is 295 g/mol. The van der Waals surface area contributed by atoms with E-state index in [2.05, 4.69) is 10.4 Å². The van der Waals surface area contributed by atoms with Crippen molar-refractivity contribution < 1.29 is 32.6 Å². The van der Waals surface area contributed by atoms with Gasteiger partial charge in [0.1, 0.15) is 12.1 Å². The van der Waals surface area contributed by atoms with E-state index < -0.39 is 36.1 Å². The molecule has 0 aromatic carbocycles. The molecule has 0 radical (unpaired) electrons. The van der Waals surface area contributed by atoms with E-state index >= 15 is 0 Å². The van der Waals surface area contributed by atoms with Gasteiger partial charge in [0.25, 0.3) is 0 Å². The second-order valence-electron chi connectivity index (χ2n) is 5.14. The fraction of sp³-hybridized carbons (Fsp3) is 0.545. The first kappa shape index (κ1) is 16.8. The van der Waals surface area contributed by atoms with Crippen molar-refractivity contribution in [2.45, 2.75) is 39.1 Å². The number of rotatable bonds is 3. The van der Waals surface area contributed by atoms with Crippen LogP contribution in [0.4, 0.5) is 23.7 Å². The zero-order valence-corrected chi connectivity index (χ0v) is 11.5. The molecular formula is C11H14F3N3O4. The number of aromatic carboxylic acids is 1. The highest BCUT2D eigenvalue weighted by atomic mass is 19.4. The van der Waals surface area contributed by atoms with Gasteiger partial charge in [0.15, 0.2) is 5.69 Å². The first-order valence-electron chi connectivity index (χ1n) is 5.75. The minimum absolute atomic E-state index is 0.374. The molecule has 2 N–H and O–H groups in total. The average Bonchev–Trinajstić information content (AvgIpc) is 2.54. The number of carbonyl (C=O) groups is 2. The lowest BCUT2D eigenvalue weighted by Gasteiger charge is -2.19. The Hall–Kier alpha value is -2.26. The molecule has 7 nitrogen and oxygen atoms in total. The maximum atomic E-state index is 12.2. The van der Waals surface area contributed by atoms with Gasteiger partial charge in [-0.25, -0.2) is 9.59 Å². The number of ether oxygens (including phenoxy) is 1. The molecule has 1 aromatic heterocycles. The molecule has 0 aliphatic carbocycles. The van der Waals surface area contributed by atoms with E-state index in [-0.39, 0.29) is 5.69 Å². The number of nitrogens with zero attached hydrogens (tertiary/aromatic N) is 2. The SMILES string of the molecule is CC(C)(C)OC(=O)Nc1cn(CC(F)(F)F)nc1C(=O)O.